The van der Waals surface area contributed by atoms with Gasteiger partial charge >= 0.3 is 0 Å². The summed E-state index contributed by atoms with van der Waals surface area (Å²) in [5, 5.41) is 11.5. The Morgan fingerprint density at radius 1 is 1.45 bits per heavy atom. The largest absolute Gasteiger partial charge is 0.508 e. The number of phenolic OH excluding ortho intramolecular Hbond substituents is 1. The van der Waals surface area contributed by atoms with Crippen LogP contribution in [0.1, 0.15) is 22.2 Å². The fourth-order valence-corrected chi connectivity index (χ4v) is 2.80. The lowest BCUT2D eigenvalue weighted by atomic mass is 10.1. The first-order valence-corrected chi connectivity index (χ1v) is 7.25. The Labute approximate surface area is 122 Å². The van der Waals surface area contributed by atoms with Crippen LogP contribution in [0.3, 0.4) is 0 Å². The molecule has 106 valence electrons. The van der Waals surface area contributed by atoms with Crippen LogP contribution in [0.25, 0.3) is 0 Å². The first-order chi connectivity index (χ1) is 9.49. The quantitative estimate of drug-likeness (QED) is 0.672. The number of carbonyl (C=O) groups is 1. The number of hydrogen-bond acceptors (Lipinski definition) is 4. The number of likely N-dealkylation sites (N-methyl/N-ethyl adjacent to an activating group) is 1. The molecule has 4 nitrogen and oxygen atoms in total. The smallest absolute Gasteiger partial charge is 0.256 e. The summed E-state index contributed by atoms with van der Waals surface area (Å²) in [6, 6.07) is 8.54. The highest BCUT2D eigenvalue weighted by molar-refractivity contribution is 7.09. The summed E-state index contributed by atoms with van der Waals surface area (Å²) in [4.78, 5) is 15.3. The van der Waals surface area contributed by atoms with E-state index in [1.54, 1.807) is 29.4 Å². The van der Waals surface area contributed by atoms with E-state index in [-0.39, 0.29) is 17.7 Å². The zero-order valence-corrected chi connectivity index (χ0v) is 12.4. The van der Waals surface area contributed by atoms with Gasteiger partial charge in [-0.25, -0.2) is 0 Å². The lowest BCUT2D eigenvalue weighted by Crippen LogP contribution is -2.36. The van der Waals surface area contributed by atoms with E-state index in [4.69, 9.17) is 5.73 Å². The van der Waals surface area contributed by atoms with Crippen LogP contribution in [-0.4, -0.2) is 29.0 Å². The van der Waals surface area contributed by atoms with Gasteiger partial charge in [0.1, 0.15) is 5.75 Å². The second kappa shape index (κ2) is 5.96. The second-order valence-electron chi connectivity index (χ2n) is 4.82. The summed E-state index contributed by atoms with van der Waals surface area (Å²) in [5.41, 5.74) is 6.52. The Balaban J connectivity index is 2.13. The third-order valence-electron chi connectivity index (χ3n) is 3.33. The highest BCUT2D eigenvalue weighted by Crippen LogP contribution is 2.21. The maximum Gasteiger partial charge on any atom is 0.256 e. The van der Waals surface area contributed by atoms with E-state index >= 15 is 0 Å². The van der Waals surface area contributed by atoms with Crippen molar-refractivity contribution in [3.8, 4) is 5.75 Å². The highest BCUT2D eigenvalue weighted by atomic mass is 32.1. The molecular formula is C15H18N2O2S. The molecule has 2 aromatic rings. The van der Waals surface area contributed by atoms with Crippen molar-refractivity contribution < 1.29 is 9.90 Å². The molecule has 1 aromatic heterocycles. The highest BCUT2D eigenvalue weighted by Gasteiger charge is 2.20. The van der Waals surface area contributed by atoms with E-state index in [0.29, 0.717) is 11.3 Å². The predicted molar refractivity (Wildman–Crippen MR) is 82.1 cm³/mol. The van der Waals surface area contributed by atoms with Crippen molar-refractivity contribution in [2.45, 2.75) is 19.4 Å². The molecule has 0 radical (unpaired) electrons. The van der Waals surface area contributed by atoms with Crippen molar-refractivity contribution >= 4 is 22.9 Å². The van der Waals surface area contributed by atoms with Crippen molar-refractivity contribution in [1.82, 2.24) is 4.90 Å². The molecular weight excluding hydrogens is 272 g/mol. The van der Waals surface area contributed by atoms with Gasteiger partial charge in [-0.05, 0) is 36.6 Å². The Morgan fingerprint density at radius 3 is 2.85 bits per heavy atom. The number of benzene rings is 1. The monoisotopic (exact) mass is 290 g/mol. The molecule has 1 atom stereocenters. The van der Waals surface area contributed by atoms with Crippen molar-refractivity contribution in [1.29, 1.82) is 0 Å². The number of anilines is 1. The van der Waals surface area contributed by atoms with Gasteiger partial charge in [-0.2, -0.15) is 0 Å². The number of nitrogens with zero attached hydrogens (tertiary/aromatic N) is 1. The van der Waals surface area contributed by atoms with Crippen LogP contribution >= 0.6 is 11.3 Å². The van der Waals surface area contributed by atoms with E-state index < -0.39 is 0 Å². The second-order valence-corrected chi connectivity index (χ2v) is 5.85. The zero-order valence-electron chi connectivity index (χ0n) is 11.5. The van der Waals surface area contributed by atoms with Crippen molar-refractivity contribution in [2.24, 2.45) is 0 Å². The van der Waals surface area contributed by atoms with Gasteiger partial charge in [0.2, 0.25) is 0 Å². The van der Waals surface area contributed by atoms with Crippen LogP contribution in [0.15, 0.2) is 35.7 Å². The van der Waals surface area contributed by atoms with Crippen LogP contribution in [0.2, 0.25) is 0 Å². The standard InChI is InChI=1S/C15H18N2O2S/c1-10(8-12-4-3-7-20-12)17(2)15(19)13-9-11(18)5-6-14(13)16/h3-7,9-10,18H,8,16H2,1-2H3. The van der Waals surface area contributed by atoms with Gasteiger partial charge in [-0.15, -0.1) is 11.3 Å². The Morgan fingerprint density at radius 2 is 2.20 bits per heavy atom. The van der Waals surface area contributed by atoms with Gasteiger partial charge in [0.05, 0.1) is 5.56 Å². The number of nitrogen functional groups attached to an aromatic ring is 1. The fraction of sp³-hybridized carbons (Fsp3) is 0.267. The van der Waals surface area contributed by atoms with Crippen molar-refractivity contribution in [2.75, 3.05) is 12.8 Å². The van der Waals surface area contributed by atoms with E-state index in [1.165, 1.54) is 17.0 Å². The van der Waals surface area contributed by atoms with Crippen molar-refractivity contribution in [3.05, 3.63) is 46.2 Å². The molecule has 1 heterocycles. The Kier molecular flexibility index (Phi) is 4.29. The van der Waals surface area contributed by atoms with Gasteiger partial charge < -0.3 is 15.7 Å². The molecule has 3 N–H and O–H groups in total. The van der Waals surface area contributed by atoms with E-state index in [1.807, 2.05) is 18.4 Å². The molecule has 1 unspecified atom stereocenters. The maximum atomic E-state index is 12.4. The zero-order chi connectivity index (χ0) is 14.7. The first kappa shape index (κ1) is 14.4. The molecule has 2 rings (SSSR count). The Bertz CT molecular complexity index is 596. The number of hydrogen-bond donors (Lipinski definition) is 2. The molecule has 0 saturated heterocycles. The molecule has 0 bridgehead atoms. The summed E-state index contributed by atoms with van der Waals surface area (Å²) in [6.45, 7) is 2.00. The van der Waals surface area contributed by atoms with E-state index in [9.17, 15) is 9.90 Å². The molecule has 20 heavy (non-hydrogen) atoms. The number of aromatic hydroxyl groups is 1. The van der Waals surface area contributed by atoms with E-state index in [2.05, 4.69) is 6.07 Å². The predicted octanol–water partition coefficient (Wildman–Crippen LogP) is 2.74. The SMILES string of the molecule is CC(Cc1cccs1)N(C)C(=O)c1cc(O)ccc1N. The van der Waals surface area contributed by atoms with Crippen LogP contribution in [0.4, 0.5) is 5.69 Å². The third kappa shape index (κ3) is 3.11. The van der Waals surface area contributed by atoms with Crippen LogP contribution in [0, 0.1) is 0 Å². The molecule has 0 aliphatic rings. The van der Waals surface area contributed by atoms with Gasteiger partial charge in [-0.3, -0.25) is 4.79 Å². The normalized spacial score (nSPS) is 12.1. The first-order valence-electron chi connectivity index (χ1n) is 6.37. The minimum Gasteiger partial charge on any atom is -0.508 e. The lowest BCUT2D eigenvalue weighted by molar-refractivity contribution is 0.0744. The summed E-state index contributed by atoms with van der Waals surface area (Å²) in [5.74, 6) is -0.135. The number of nitrogens with two attached hydrogens (primary N) is 1. The summed E-state index contributed by atoms with van der Waals surface area (Å²) in [7, 11) is 1.75. The van der Waals surface area contributed by atoms with Crippen LogP contribution in [0.5, 0.6) is 5.75 Å². The summed E-state index contributed by atoms with van der Waals surface area (Å²) >= 11 is 1.68. The average Bonchev–Trinajstić information content (AvgIpc) is 2.92. The number of amides is 1. The lowest BCUT2D eigenvalue weighted by Gasteiger charge is -2.25. The average molecular weight is 290 g/mol. The van der Waals surface area contributed by atoms with Gasteiger partial charge in [0.15, 0.2) is 0 Å². The molecule has 0 aliphatic carbocycles. The summed E-state index contributed by atoms with van der Waals surface area (Å²) < 4.78 is 0. The molecule has 1 amide bonds. The van der Waals surface area contributed by atoms with E-state index in [0.717, 1.165) is 6.42 Å². The van der Waals surface area contributed by atoms with Gasteiger partial charge in [0, 0.05) is 30.1 Å². The number of carbonyl (C=O) groups excluding carboxylic acids is 1. The summed E-state index contributed by atoms with van der Waals surface area (Å²) in [6.07, 6.45) is 0.804. The third-order valence-corrected chi connectivity index (χ3v) is 4.22. The van der Waals surface area contributed by atoms with Crippen LogP contribution in [-0.2, 0) is 6.42 Å². The molecule has 1 aromatic carbocycles. The molecule has 0 aliphatic heterocycles. The molecule has 0 fully saturated rings. The minimum atomic E-state index is -0.178. The topological polar surface area (TPSA) is 66.6 Å². The van der Waals surface area contributed by atoms with Gasteiger partial charge in [-0.1, -0.05) is 6.07 Å². The maximum absolute atomic E-state index is 12.4. The van der Waals surface area contributed by atoms with Crippen molar-refractivity contribution in [3.63, 3.8) is 0 Å². The number of phenols is 1. The van der Waals surface area contributed by atoms with Gasteiger partial charge in [0.25, 0.3) is 5.91 Å². The molecule has 5 heteroatoms. The minimum absolute atomic E-state index is 0.0434. The molecule has 0 saturated carbocycles. The number of rotatable bonds is 4. The molecule has 0 spiro atoms. The van der Waals surface area contributed by atoms with Crippen LogP contribution < -0.4 is 5.73 Å². The Hall–Kier alpha value is -2.01. The fourth-order valence-electron chi connectivity index (χ4n) is 1.98. The number of thiophene rings is 1.